The molecule has 1 heterocycles. The standard InChI is InChI=1S/C21H23ClFN3O3/c1-13(20(28)24-15-6-7-17(23)16(22)12-15)26-10-8-14(9-11-26)21(29)25-18-4-2-3-5-19(18)27/h2-7,12-14,27H,8-11H2,1H3,(H,24,28)(H,25,29). The van der Waals surface area contributed by atoms with Gasteiger partial charge in [-0.1, -0.05) is 23.7 Å². The van der Waals surface area contributed by atoms with Crippen molar-refractivity contribution in [2.24, 2.45) is 5.92 Å². The summed E-state index contributed by atoms with van der Waals surface area (Å²) in [7, 11) is 0. The molecule has 154 valence electrons. The summed E-state index contributed by atoms with van der Waals surface area (Å²) in [5, 5.41) is 15.2. The van der Waals surface area contributed by atoms with E-state index in [4.69, 9.17) is 11.6 Å². The van der Waals surface area contributed by atoms with Crippen LogP contribution >= 0.6 is 11.6 Å². The predicted octanol–water partition coefficient (Wildman–Crippen LogP) is 3.86. The van der Waals surface area contributed by atoms with E-state index in [2.05, 4.69) is 10.6 Å². The van der Waals surface area contributed by atoms with Gasteiger partial charge in [0.15, 0.2) is 0 Å². The first-order valence-electron chi connectivity index (χ1n) is 9.44. The van der Waals surface area contributed by atoms with Crippen molar-refractivity contribution in [3.8, 4) is 5.75 Å². The number of hydrogen-bond acceptors (Lipinski definition) is 4. The molecular weight excluding hydrogens is 397 g/mol. The number of nitrogens with zero attached hydrogens (tertiary/aromatic N) is 1. The Bertz CT molecular complexity index is 900. The van der Waals surface area contributed by atoms with E-state index in [9.17, 15) is 19.1 Å². The van der Waals surface area contributed by atoms with Crippen LogP contribution in [0, 0.1) is 11.7 Å². The summed E-state index contributed by atoms with van der Waals surface area (Å²) in [6, 6.07) is 10.2. The van der Waals surface area contributed by atoms with Crippen LogP contribution in [0.2, 0.25) is 5.02 Å². The average Bonchev–Trinajstić information content (AvgIpc) is 2.72. The van der Waals surface area contributed by atoms with E-state index in [0.717, 1.165) is 0 Å². The van der Waals surface area contributed by atoms with Gasteiger partial charge in [-0.25, -0.2) is 4.39 Å². The molecule has 1 unspecified atom stereocenters. The number of nitrogens with one attached hydrogen (secondary N) is 2. The Kier molecular flexibility index (Phi) is 6.71. The largest absolute Gasteiger partial charge is 0.506 e. The maximum Gasteiger partial charge on any atom is 0.241 e. The van der Waals surface area contributed by atoms with Crippen LogP contribution in [0.1, 0.15) is 19.8 Å². The van der Waals surface area contributed by atoms with Gasteiger partial charge in [0.2, 0.25) is 11.8 Å². The third-order valence-electron chi connectivity index (χ3n) is 5.18. The monoisotopic (exact) mass is 419 g/mol. The Morgan fingerprint density at radius 2 is 1.86 bits per heavy atom. The van der Waals surface area contributed by atoms with Crippen molar-refractivity contribution in [1.82, 2.24) is 4.90 Å². The molecule has 2 amide bonds. The van der Waals surface area contributed by atoms with Gasteiger partial charge in [0.25, 0.3) is 0 Å². The number of phenolic OH excluding ortho intramolecular Hbond substituents is 1. The van der Waals surface area contributed by atoms with E-state index in [1.807, 2.05) is 4.90 Å². The molecule has 0 saturated carbocycles. The SMILES string of the molecule is CC(C(=O)Nc1ccc(F)c(Cl)c1)N1CCC(C(=O)Nc2ccccc2O)CC1. The first-order chi connectivity index (χ1) is 13.8. The third-order valence-corrected chi connectivity index (χ3v) is 5.47. The summed E-state index contributed by atoms with van der Waals surface area (Å²) in [6.45, 7) is 2.98. The normalized spacial score (nSPS) is 16.2. The van der Waals surface area contributed by atoms with Crippen LogP contribution in [0.15, 0.2) is 42.5 Å². The molecular formula is C21H23ClFN3O3. The zero-order valence-corrected chi connectivity index (χ0v) is 16.7. The highest BCUT2D eigenvalue weighted by molar-refractivity contribution is 6.31. The molecule has 0 bridgehead atoms. The fraction of sp³-hybridized carbons (Fsp3) is 0.333. The number of hydrogen-bond donors (Lipinski definition) is 3. The van der Waals surface area contributed by atoms with Crippen LogP contribution < -0.4 is 10.6 Å². The first-order valence-corrected chi connectivity index (χ1v) is 9.82. The first kappa shape index (κ1) is 21.1. The topological polar surface area (TPSA) is 81.7 Å². The molecule has 3 N–H and O–H groups in total. The highest BCUT2D eigenvalue weighted by Crippen LogP contribution is 2.26. The second kappa shape index (κ2) is 9.24. The van der Waals surface area contributed by atoms with Gasteiger partial charge in [-0.2, -0.15) is 0 Å². The predicted molar refractivity (Wildman–Crippen MR) is 111 cm³/mol. The van der Waals surface area contributed by atoms with Gasteiger partial charge in [0.05, 0.1) is 16.8 Å². The molecule has 1 saturated heterocycles. The summed E-state index contributed by atoms with van der Waals surface area (Å²) in [4.78, 5) is 27.0. The lowest BCUT2D eigenvalue weighted by Crippen LogP contribution is -2.47. The number of para-hydroxylation sites is 2. The van der Waals surface area contributed by atoms with Gasteiger partial charge >= 0.3 is 0 Å². The quantitative estimate of drug-likeness (QED) is 0.643. The number of piperidine rings is 1. The van der Waals surface area contributed by atoms with Gasteiger partial charge in [-0.15, -0.1) is 0 Å². The Balaban J connectivity index is 1.51. The second-order valence-corrected chi connectivity index (χ2v) is 7.52. The molecule has 0 aliphatic carbocycles. The lowest BCUT2D eigenvalue weighted by molar-refractivity contribution is -0.123. The molecule has 6 nitrogen and oxygen atoms in total. The van der Waals surface area contributed by atoms with Gasteiger partial charge < -0.3 is 15.7 Å². The van der Waals surface area contributed by atoms with Gasteiger partial charge in [0.1, 0.15) is 11.6 Å². The Labute approximate surface area is 173 Å². The minimum Gasteiger partial charge on any atom is -0.506 e. The molecule has 1 atom stereocenters. The summed E-state index contributed by atoms with van der Waals surface area (Å²) < 4.78 is 13.2. The molecule has 1 fully saturated rings. The number of anilines is 2. The van der Waals surface area contributed by atoms with E-state index in [0.29, 0.717) is 37.3 Å². The van der Waals surface area contributed by atoms with Gasteiger partial charge in [0, 0.05) is 11.6 Å². The molecule has 8 heteroatoms. The fourth-order valence-electron chi connectivity index (χ4n) is 3.35. The highest BCUT2D eigenvalue weighted by Gasteiger charge is 2.30. The Morgan fingerprint density at radius 3 is 2.52 bits per heavy atom. The number of rotatable bonds is 5. The second-order valence-electron chi connectivity index (χ2n) is 7.11. The van der Waals surface area contributed by atoms with Crippen molar-refractivity contribution in [2.45, 2.75) is 25.8 Å². The van der Waals surface area contributed by atoms with Crippen LogP contribution in [0.5, 0.6) is 5.75 Å². The summed E-state index contributed by atoms with van der Waals surface area (Å²) in [5.74, 6) is -1.04. The Hall–Kier alpha value is -2.64. The number of phenols is 1. The molecule has 0 radical (unpaired) electrons. The van der Waals surface area contributed by atoms with E-state index in [-0.39, 0.29) is 28.5 Å². The van der Waals surface area contributed by atoms with E-state index >= 15 is 0 Å². The summed E-state index contributed by atoms with van der Waals surface area (Å²) in [6.07, 6.45) is 1.22. The molecule has 3 rings (SSSR count). The number of aromatic hydroxyl groups is 1. The summed E-state index contributed by atoms with van der Waals surface area (Å²) in [5.41, 5.74) is 0.829. The number of amides is 2. The van der Waals surface area contributed by atoms with E-state index in [1.54, 1.807) is 25.1 Å². The van der Waals surface area contributed by atoms with Crippen LogP contribution in [-0.4, -0.2) is 41.0 Å². The minimum atomic E-state index is -0.540. The third kappa shape index (κ3) is 5.25. The molecule has 1 aliphatic heterocycles. The van der Waals surface area contributed by atoms with Gasteiger partial charge in [-0.05, 0) is 63.2 Å². The lowest BCUT2D eigenvalue weighted by Gasteiger charge is -2.34. The maximum atomic E-state index is 13.2. The van der Waals surface area contributed by atoms with Crippen LogP contribution in [0.3, 0.4) is 0 Å². The zero-order valence-electron chi connectivity index (χ0n) is 16.0. The van der Waals surface area contributed by atoms with Crippen molar-refractivity contribution >= 4 is 34.8 Å². The van der Waals surface area contributed by atoms with Crippen molar-refractivity contribution in [3.63, 3.8) is 0 Å². The fourth-order valence-corrected chi connectivity index (χ4v) is 3.53. The molecule has 1 aliphatic rings. The number of likely N-dealkylation sites (tertiary alicyclic amines) is 1. The van der Waals surface area contributed by atoms with E-state index in [1.165, 1.54) is 24.3 Å². The smallest absolute Gasteiger partial charge is 0.241 e. The Morgan fingerprint density at radius 1 is 1.17 bits per heavy atom. The van der Waals surface area contributed by atoms with Crippen molar-refractivity contribution < 1.29 is 19.1 Å². The van der Waals surface area contributed by atoms with Crippen molar-refractivity contribution in [1.29, 1.82) is 0 Å². The molecule has 0 aromatic heterocycles. The maximum absolute atomic E-state index is 13.2. The van der Waals surface area contributed by atoms with Gasteiger partial charge in [-0.3, -0.25) is 14.5 Å². The zero-order chi connectivity index (χ0) is 21.0. The van der Waals surface area contributed by atoms with Crippen molar-refractivity contribution in [2.75, 3.05) is 23.7 Å². The highest BCUT2D eigenvalue weighted by atomic mass is 35.5. The molecule has 29 heavy (non-hydrogen) atoms. The number of halogens is 2. The van der Waals surface area contributed by atoms with Crippen molar-refractivity contribution in [3.05, 3.63) is 53.3 Å². The summed E-state index contributed by atoms with van der Waals surface area (Å²) >= 11 is 5.75. The molecule has 2 aromatic carbocycles. The molecule has 0 spiro atoms. The van der Waals surface area contributed by atoms with Crippen LogP contribution in [-0.2, 0) is 9.59 Å². The van der Waals surface area contributed by atoms with Crippen LogP contribution in [0.4, 0.5) is 15.8 Å². The molecule has 2 aromatic rings. The lowest BCUT2D eigenvalue weighted by atomic mass is 9.94. The number of benzene rings is 2. The van der Waals surface area contributed by atoms with E-state index < -0.39 is 11.9 Å². The average molecular weight is 420 g/mol. The number of carbonyl (C=O) groups excluding carboxylic acids is 2. The minimum absolute atomic E-state index is 0.0319. The van der Waals surface area contributed by atoms with Crippen LogP contribution in [0.25, 0.3) is 0 Å². The number of carbonyl (C=O) groups is 2.